The molecule has 6 aromatic heterocycles. The van der Waals surface area contributed by atoms with E-state index >= 15 is 0 Å². The molecule has 0 spiro atoms. The zero-order valence-corrected chi connectivity index (χ0v) is 65.6. The van der Waals surface area contributed by atoms with E-state index in [4.69, 9.17) is 11.6 Å². The molecule has 0 aliphatic carbocycles. The van der Waals surface area contributed by atoms with E-state index < -0.39 is 24.3 Å². The van der Waals surface area contributed by atoms with E-state index in [1.165, 1.54) is 67.2 Å². The Morgan fingerprint density at radius 2 is 0.849 bits per heavy atom. The Hall–Kier alpha value is -2.82. The molecule has 0 fully saturated rings. The van der Waals surface area contributed by atoms with Gasteiger partial charge in [0, 0.05) is 53.8 Å². The quantitative estimate of drug-likeness (QED) is 0.0648. The Morgan fingerprint density at radius 3 is 1.16 bits per heavy atom. The van der Waals surface area contributed by atoms with E-state index in [0.717, 1.165) is 23.2 Å². The zero-order chi connectivity index (χ0) is 66.1. The summed E-state index contributed by atoms with van der Waals surface area (Å²) in [7, 11) is 4.45. The molecular formula is C70H120ClF2N8O2PPdSn. The molecule has 0 aromatic carbocycles. The van der Waals surface area contributed by atoms with Gasteiger partial charge in [-0.15, -0.1) is 8.58 Å². The van der Waals surface area contributed by atoms with Gasteiger partial charge in [-0.05, 0) is 79.2 Å². The fourth-order valence-electron chi connectivity index (χ4n) is 8.74. The summed E-state index contributed by atoms with van der Waals surface area (Å²) in [5.41, 5.74) is 5.13. The number of nitrogens with zero attached hydrogens (tertiary/aromatic N) is 8. The molecule has 0 saturated carbocycles. The third-order valence-corrected chi connectivity index (χ3v) is 33.1. The predicted molar refractivity (Wildman–Crippen MR) is 371 cm³/mol. The first-order chi connectivity index (χ1) is 38.5. The van der Waals surface area contributed by atoms with Gasteiger partial charge >= 0.3 is 140 Å². The number of imidazole rings is 2. The molecule has 0 amide bonds. The van der Waals surface area contributed by atoms with Crippen molar-refractivity contribution in [2.24, 2.45) is 46.6 Å². The van der Waals surface area contributed by atoms with Gasteiger partial charge in [-0.3, -0.25) is 18.3 Å². The summed E-state index contributed by atoms with van der Waals surface area (Å²) in [4.78, 5) is 40.9. The molecule has 0 radical (unpaired) electrons. The molecule has 0 atom stereocenters. The summed E-state index contributed by atoms with van der Waals surface area (Å²) in [6.45, 7) is 61.6. The molecule has 0 aliphatic rings. The molecule has 0 N–H and O–H groups in total. The van der Waals surface area contributed by atoms with Crippen molar-refractivity contribution in [2.75, 3.05) is 0 Å². The number of aryl methyl sites for hydroxylation is 2. The van der Waals surface area contributed by atoms with Crippen LogP contribution in [0, 0.1) is 44.4 Å². The zero-order valence-electron chi connectivity index (χ0n) is 59.4. The van der Waals surface area contributed by atoms with Crippen LogP contribution in [0.3, 0.4) is 0 Å². The number of hydrogen-bond donors (Lipinski definition) is 0. The van der Waals surface area contributed by atoms with Crippen LogP contribution in [-0.2, 0) is 47.6 Å². The fourth-order valence-corrected chi connectivity index (χ4v) is 27.1. The number of fused-ring (bicyclic) bond motifs is 2. The van der Waals surface area contributed by atoms with Crippen LogP contribution < -0.4 is 15.0 Å². The van der Waals surface area contributed by atoms with E-state index in [9.17, 15) is 18.4 Å². The Kier molecular flexibility index (Phi) is 33.4. The van der Waals surface area contributed by atoms with Gasteiger partial charge in [0.15, 0.2) is 11.3 Å². The molecule has 6 rings (SSSR count). The van der Waals surface area contributed by atoms with Gasteiger partial charge in [-0.25, -0.2) is 24.5 Å². The summed E-state index contributed by atoms with van der Waals surface area (Å²) < 4.78 is 39.6. The first kappa shape index (κ1) is 83.2. The van der Waals surface area contributed by atoms with Crippen LogP contribution in [0.15, 0.2) is 70.5 Å². The van der Waals surface area contributed by atoms with Crippen molar-refractivity contribution >= 4 is 64.5 Å². The first-order valence-corrected chi connectivity index (χ1v) is 40.1. The molecule has 0 saturated heterocycles. The maximum Gasteiger partial charge on any atom is 0.330 e. The smallest absolute Gasteiger partial charge is 0.290 e. The maximum absolute atomic E-state index is 14.3. The second kappa shape index (κ2) is 34.6. The summed E-state index contributed by atoms with van der Waals surface area (Å²) in [5.74, 6) is -0.731. The fraction of sp³-hybridized carbons (Fsp3) is 0.686. The molecule has 6 aromatic rings. The number of pyridine rings is 4. The number of aromatic nitrogens is 8. The Bertz CT molecular complexity index is 3010. The largest absolute Gasteiger partial charge is 0.330 e. The van der Waals surface area contributed by atoms with Crippen molar-refractivity contribution < 1.29 is 29.2 Å². The second-order valence-electron chi connectivity index (χ2n) is 31.9. The van der Waals surface area contributed by atoms with Crippen LogP contribution in [-0.4, -0.2) is 66.9 Å². The van der Waals surface area contributed by atoms with Crippen LogP contribution >= 0.6 is 20.2 Å². The van der Waals surface area contributed by atoms with Gasteiger partial charge in [0.25, 0.3) is 0 Å². The maximum atomic E-state index is 14.3. The molecule has 10 nitrogen and oxygen atoms in total. The Balaban J connectivity index is 0.00000106. The van der Waals surface area contributed by atoms with E-state index in [1.54, 1.807) is 53.7 Å². The summed E-state index contributed by atoms with van der Waals surface area (Å²) in [6, 6.07) is 14.4. The van der Waals surface area contributed by atoms with Crippen molar-refractivity contribution in [3.63, 3.8) is 0 Å². The van der Waals surface area contributed by atoms with E-state index in [0.29, 0.717) is 72.8 Å². The number of unbranched alkanes of at least 4 members (excludes halogenated alkanes) is 3. The van der Waals surface area contributed by atoms with Crippen molar-refractivity contribution in [1.29, 1.82) is 0 Å². The average molecular weight is 1440 g/mol. The molecule has 492 valence electrons. The van der Waals surface area contributed by atoms with E-state index in [-0.39, 0.29) is 48.6 Å². The average Bonchev–Trinajstić information content (AvgIpc) is 2.00. The first-order valence-electron chi connectivity index (χ1n) is 31.3. The van der Waals surface area contributed by atoms with Gasteiger partial charge in [0.2, 0.25) is 5.95 Å². The molecule has 0 aliphatic heterocycles. The van der Waals surface area contributed by atoms with Gasteiger partial charge in [-0.2, -0.15) is 4.39 Å². The number of rotatable bonds is 13. The predicted octanol–water partition coefficient (Wildman–Crippen LogP) is 20.1. The van der Waals surface area contributed by atoms with Gasteiger partial charge < -0.3 is 0 Å². The minimum absolute atomic E-state index is 0. The van der Waals surface area contributed by atoms with Gasteiger partial charge in [0.1, 0.15) is 5.15 Å². The topological polar surface area (TPSA) is 105 Å². The van der Waals surface area contributed by atoms with Crippen LogP contribution in [0.1, 0.15) is 225 Å². The molecule has 6 heterocycles. The minimum atomic E-state index is -2.60. The van der Waals surface area contributed by atoms with E-state index in [1.807, 2.05) is 18.2 Å². The van der Waals surface area contributed by atoms with E-state index in [2.05, 4.69) is 213 Å². The summed E-state index contributed by atoms with van der Waals surface area (Å²) in [6.07, 6.45) is 10.4. The van der Waals surface area contributed by atoms with Crippen molar-refractivity contribution in [3.8, 4) is 11.3 Å². The molecule has 86 heavy (non-hydrogen) atoms. The number of hydrogen-bond acceptors (Lipinski definition) is 6. The van der Waals surface area contributed by atoms with Crippen molar-refractivity contribution in [3.05, 3.63) is 98.9 Å². The summed E-state index contributed by atoms with van der Waals surface area (Å²) in [5, 5.41) is 1.43. The SMILES string of the molecule is CC(C)(C)C(C)(C)C.CC(C)(C)C(C)(C)C.CC(C)(C)PC(C)(C)C.CCC[CH2][Sn]([CH2]CCC)([CH2]CCC)[c]1cccnc1F.Cn1c(=O)n(CC(C)(C)C)c2ccc(-c3cccnc3F)nc21.Cn1c(=O)n(CC(C)(C)C)c2ccc(Cl)nc21.[Pd]. The molecule has 16 heteroatoms. The standard InChI is InChI=1S/C17H19FN4O.C12H16ClN3O.C8H19P.2C8H18.C5H3FN.3C4H9.Pd.Sn/c1-17(2,3)10-22-13-8-7-12(11-6-5-9-19-14(11)18)20-15(13)21(4)16(22)23;1-12(2,3)7-16-8-5-6-9(13)14-10(8)15(4)11(16)17;1-7(2,3)9-8(4,5)6;2*1-7(2,3)8(4,5)6;6-5-3-1-2-4-7-5;3*1-3-4-2;;/h5-9H,10H2,1-4H3;5-6H,7H2,1-4H3;9H,1-6H3;2*1-6H3;1-2,4H;3*1,3-4H2,2H3;;. The third kappa shape index (κ3) is 28.1. The third-order valence-electron chi connectivity index (χ3n) is 15.8. The summed E-state index contributed by atoms with van der Waals surface area (Å²) >= 11 is 3.25. The van der Waals surface area contributed by atoms with Crippen molar-refractivity contribution in [2.45, 2.75) is 262 Å². The van der Waals surface area contributed by atoms with Crippen LogP contribution in [0.4, 0.5) is 8.78 Å². The minimum Gasteiger partial charge on any atom is -0.290 e. The molecule has 0 unspecified atom stereocenters. The normalized spacial score (nSPS) is 12.5. The Morgan fingerprint density at radius 1 is 0.500 bits per heavy atom. The number of halogens is 3. The second-order valence-corrected chi connectivity index (χ2v) is 48.7. The van der Waals surface area contributed by atoms with Crippen molar-refractivity contribution in [1.82, 2.24) is 38.2 Å². The molecular weight excluding hydrogens is 1310 g/mol. The Labute approximate surface area is 546 Å². The van der Waals surface area contributed by atoms with Gasteiger partial charge in [0.05, 0.1) is 22.3 Å². The van der Waals surface area contributed by atoms with Crippen LogP contribution in [0.25, 0.3) is 33.6 Å². The van der Waals surface area contributed by atoms with Crippen LogP contribution in [0.2, 0.25) is 18.5 Å². The monoisotopic (exact) mass is 1430 g/mol. The van der Waals surface area contributed by atoms with Gasteiger partial charge in [-0.1, -0.05) is 178 Å². The molecule has 0 bridgehead atoms. The van der Waals surface area contributed by atoms with Crippen LogP contribution in [0.5, 0.6) is 0 Å².